The number of hydrogen-bond donors (Lipinski definition) is 0. The van der Waals surface area contributed by atoms with Gasteiger partial charge in [0.05, 0.1) is 19.4 Å². The first-order valence-electron chi connectivity index (χ1n) is 9.24. The van der Waals surface area contributed by atoms with Crippen LogP contribution >= 0.6 is 6.72 Å². The van der Waals surface area contributed by atoms with Crippen LogP contribution in [0, 0.1) is 0 Å². The fourth-order valence-electron chi connectivity index (χ4n) is 2.59. The molecule has 1 amide bonds. The minimum atomic E-state index is -2.79. The van der Waals surface area contributed by atoms with E-state index in [1.54, 1.807) is 29.2 Å². The third-order valence-electron chi connectivity index (χ3n) is 3.87. The number of carbonyl (C=O) groups is 1. The SMILES string of the molecule is CCOP(=S)(OCC)Oc1ccc(/C=N/OC(=O)N2CCCCCC2)cc1. The summed E-state index contributed by atoms with van der Waals surface area (Å²) in [4.78, 5) is 18.7. The lowest BCUT2D eigenvalue weighted by Crippen LogP contribution is -2.31. The molecule has 1 aromatic carbocycles. The molecule has 0 saturated carbocycles. The van der Waals surface area contributed by atoms with Gasteiger partial charge in [-0.15, -0.1) is 0 Å². The third-order valence-corrected chi connectivity index (χ3v) is 6.31. The van der Waals surface area contributed by atoms with Gasteiger partial charge in [0.1, 0.15) is 5.75 Å². The molecule has 27 heavy (non-hydrogen) atoms. The van der Waals surface area contributed by atoms with Crippen molar-refractivity contribution in [3.05, 3.63) is 29.8 Å². The number of likely N-dealkylation sites (tertiary alicyclic amines) is 1. The Morgan fingerprint density at radius 2 is 1.70 bits per heavy atom. The van der Waals surface area contributed by atoms with Crippen molar-refractivity contribution < 1.29 is 23.2 Å². The van der Waals surface area contributed by atoms with Crippen LogP contribution in [-0.2, 0) is 25.7 Å². The molecule has 1 aliphatic heterocycles. The monoisotopic (exact) mass is 414 g/mol. The van der Waals surface area contributed by atoms with Gasteiger partial charge in [0.15, 0.2) is 0 Å². The highest BCUT2D eigenvalue weighted by molar-refractivity contribution is 8.07. The summed E-state index contributed by atoms with van der Waals surface area (Å²) in [6, 6.07) is 7.07. The predicted octanol–water partition coefficient (Wildman–Crippen LogP) is 4.71. The Morgan fingerprint density at radius 1 is 1.11 bits per heavy atom. The van der Waals surface area contributed by atoms with E-state index < -0.39 is 12.8 Å². The lowest BCUT2D eigenvalue weighted by molar-refractivity contribution is 0.107. The molecule has 0 unspecified atom stereocenters. The van der Waals surface area contributed by atoms with Gasteiger partial charge in [0.2, 0.25) is 0 Å². The molecule has 0 N–H and O–H groups in total. The molecule has 0 aromatic heterocycles. The first-order valence-corrected chi connectivity index (χ1v) is 11.8. The Balaban J connectivity index is 1.88. The molecule has 0 atom stereocenters. The molecule has 0 spiro atoms. The highest BCUT2D eigenvalue weighted by Crippen LogP contribution is 2.49. The molecule has 1 aromatic rings. The zero-order valence-corrected chi connectivity index (χ0v) is 17.5. The largest absolute Gasteiger partial charge is 0.435 e. The molecule has 0 bridgehead atoms. The maximum absolute atomic E-state index is 12.0. The van der Waals surface area contributed by atoms with Gasteiger partial charge in [-0.25, -0.2) is 4.79 Å². The standard InChI is InChI=1S/C18H27N2O5PS/c1-3-22-26(27,23-4-2)25-17-11-9-16(10-12-17)15-19-24-18(21)20-13-7-5-6-8-14-20/h9-12,15H,3-8,13-14H2,1-2H3/b19-15+. The van der Waals surface area contributed by atoms with Crippen LogP contribution in [0.1, 0.15) is 45.1 Å². The summed E-state index contributed by atoms with van der Waals surface area (Å²) in [5.74, 6) is 0.555. The van der Waals surface area contributed by atoms with Crippen LogP contribution < -0.4 is 4.52 Å². The van der Waals surface area contributed by atoms with Crippen molar-refractivity contribution >= 4 is 30.8 Å². The van der Waals surface area contributed by atoms with Gasteiger partial charge in [-0.05, 0) is 56.5 Å². The Morgan fingerprint density at radius 3 is 2.26 bits per heavy atom. The van der Waals surface area contributed by atoms with E-state index in [1.165, 1.54) is 6.21 Å². The van der Waals surface area contributed by atoms with Crippen LogP contribution in [0.15, 0.2) is 29.4 Å². The molecule has 150 valence electrons. The number of nitrogens with zero attached hydrogens (tertiary/aromatic N) is 2. The van der Waals surface area contributed by atoms with Gasteiger partial charge in [-0.2, -0.15) is 0 Å². The minimum absolute atomic E-state index is 0.401. The summed E-state index contributed by atoms with van der Waals surface area (Å²) < 4.78 is 16.6. The minimum Gasteiger partial charge on any atom is -0.424 e. The van der Waals surface area contributed by atoms with Gasteiger partial charge < -0.3 is 9.42 Å². The smallest absolute Gasteiger partial charge is 0.424 e. The fraction of sp³-hybridized carbons (Fsp3) is 0.556. The van der Waals surface area contributed by atoms with Crippen LogP contribution in [0.2, 0.25) is 0 Å². The number of carbonyl (C=O) groups excluding carboxylic acids is 1. The molecule has 1 aliphatic rings. The van der Waals surface area contributed by atoms with Crippen LogP contribution in [0.5, 0.6) is 5.75 Å². The summed E-state index contributed by atoms with van der Waals surface area (Å²) in [5, 5.41) is 3.79. The molecule has 1 heterocycles. The normalized spacial score (nSPS) is 15.6. The maximum atomic E-state index is 12.0. The molecule has 1 fully saturated rings. The summed E-state index contributed by atoms with van der Waals surface area (Å²) in [5.41, 5.74) is 0.770. The quantitative estimate of drug-likeness (QED) is 0.266. The number of benzene rings is 1. The Hall–Kier alpha value is -1.47. The van der Waals surface area contributed by atoms with Crippen molar-refractivity contribution in [1.82, 2.24) is 4.90 Å². The lowest BCUT2D eigenvalue weighted by Gasteiger charge is -2.21. The number of hydrogen-bond acceptors (Lipinski definition) is 7. The molecule has 0 aliphatic carbocycles. The van der Waals surface area contributed by atoms with Gasteiger partial charge in [-0.1, -0.05) is 18.0 Å². The van der Waals surface area contributed by atoms with Crippen molar-refractivity contribution in [3.8, 4) is 5.75 Å². The average Bonchev–Trinajstić information content (AvgIpc) is 2.93. The lowest BCUT2D eigenvalue weighted by atomic mass is 10.2. The second-order valence-electron chi connectivity index (χ2n) is 5.94. The van der Waals surface area contributed by atoms with E-state index in [0.29, 0.717) is 19.0 Å². The van der Waals surface area contributed by atoms with Crippen molar-refractivity contribution in [2.45, 2.75) is 39.5 Å². The van der Waals surface area contributed by atoms with Gasteiger partial charge >= 0.3 is 12.8 Å². The number of amides is 1. The molecule has 9 heteroatoms. The molecular formula is C18H27N2O5PS. The Labute approximate surface area is 165 Å². The summed E-state index contributed by atoms with van der Waals surface area (Å²) in [6.45, 7) is 3.20. The van der Waals surface area contributed by atoms with E-state index >= 15 is 0 Å². The molecule has 2 rings (SSSR count). The highest BCUT2D eigenvalue weighted by atomic mass is 32.5. The number of oxime groups is 1. The number of rotatable bonds is 8. The molecule has 1 saturated heterocycles. The second-order valence-corrected chi connectivity index (χ2v) is 8.87. The molecule has 0 radical (unpaired) electrons. The van der Waals surface area contributed by atoms with E-state index in [-0.39, 0.29) is 0 Å². The zero-order chi connectivity index (χ0) is 19.5. The predicted molar refractivity (Wildman–Crippen MR) is 109 cm³/mol. The van der Waals surface area contributed by atoms with Crippen molar-refractivity contribution in [2.24, 2.45) is 5.16 Å². The van der Waals surface area contributed by atoms with Gasteiger partial charge in [-0.3, -0.25) is 13.9 Å². The fourth-order valence-corrected chi connectivity index (χ4v) is 4.68. The van der Waals surface area contributed by atoms with E-state index in [0.717, 1.165) is 44.3 Å². The first kappa shape index (κ1) is 21.8. The van der Waals surface area contributed by atoms with E-state index in [2.05, 4.69) is 5.16 Å². The maximum Gasteiger partial charge on any atom is 0.435 e. The Kier molecular flexibility index (Phi) is 9.21. The van der Waals surface area contributed by atoms with E-state index in [4.69, 9.17) is 30.2 Å². The van der Waals surface area contributed by atoms with Crippen LogP contribution in [-0.4, -0.2) is 43.5 Å². The van der Waals surface area contributed by atoms with E-state index in [1.807, 2.05) is 13.8 Å². The van der Waals surface area contributed by atoms with E-state index in [9.17, 15) is 4.79 Å². The Bertz CT molecular complexity index is 650. The van der Waals surface area contributed by atoms with Crippen LogP contribution in [0.3, 0.4) is 0 Å². The van der Waals surface area contributed by atoms with Crippen molar-refractivity contribution in [2.75, 3.05) is 26.3 Å². The van der Waals surface area contributed by atoms with Crippen molar-refractivity contribution in [1.29, 1.82) is 0 Å². The first-order chi connectivity index (χ1) is 13.1. The third kappa shape index (κ3) is 7.58. The van der Waals surface area contributed by atoms with Crippen LogP contribution in [0.25, 0.3) is 0 Å². The van der Waals surface area contributed by atoms with Crippen molar-refractivity contribution in [3.63, 3.8) is 0 Å². The second kappa shape index (κ2) is 11.4. The summed E-state index contributed by atoms with van der Waals surface area (Å²) >= 11 is 5.34. The van der Waals surface area contributed by atoms with Gasteiger partial charge in [0.25, 0.3) is 0 Å². The molecular weight excluding hydrogens is 387 g/mol. The average molecular weight is 414 g/mol. The summed E-state index contributed by atoms with van der Waals surface area (Å²) in [7, 11) is 0. The van der Waals surface area contributed by atoms with Gasteiger partial charge in [0, 0.05) is 24.9 Å². The topological polar surface area (TPSA) is 69.6 Å². The summed E-state index contributed by atoms with van der Waals surface area (Å²) in [6.07, 6.45) is 5.42. The molecule has 7 nitrogen and oxygen atoms in total. The zero-order valence-electron chi connectivity index (χ0n) is 15.8. The van der Waals surface area contributed by atoms with Crippen LogP contribution in [0.4, 0.5) is 4.79 Å². The highest BCUT2D eigenvalue weighted by Gasteiger charge is 2.21.